The molecule has 1 unspecified atom stereocenters. The van der Waals surface area contributed by atoms with E-state index in [1.165, 1.54) is 38.5 Å². The first-order valence-corrected chi connectivity index (χ1v) is 5.73. The van der Waals surface area contributed by atoms with Crippen molar-refractivity contribution in [3.8, 4) is 0 Å². The predicted molar refractivity (Wildman–Crippen MR) is 54.2 cm³/mol. The van der Waals surface area contributed by atoms with Crippen molar-refractivity contribution < 1.29 is 9.90 Å². The fourth-order valence-corrected chi connectivity index (χ4v) is 2.46. The normalized spacial score (nSPS) is 25.1. The minimum absolute atomic E-state index is 0.238. The van der Waals surface area contributed by atoms with E-state index in [9.17, 15) is 4.79 Å². The molecule has 0 aromatic carbocycles. The van der Waals surface area contributed by atoms with Crippen molar-refractivity contribution in [2.45, 2.75) is 57.0 Å². The van der Waals surface area contributed by atoms with Crippen LogP contribution in [0.15, 0.2) is 0 Å². The second-order valence-corrected chi connectivity index (χ2v) is 4.69. The molecule has 2 rings (SSSR count). The molecular weight excluding hydrogens is 178 g/mol. The molecule has 0 aliphatic heterocycles. The Balaban J connectivity index is 1.85. The zero-order valence-electron chi connectivity index (χ0n) is 8.54. The summed E-state index contributed by atoms with van der Waals surface area (Å²) in [5.41, 5.74) is 0. The second-order valence-electron chi connectivity index (χ2n) is 4.69. The topological polar surface area (TPSA) is 49.3 Å². The number of carboxylic acids is 1. The molecule has 2 aliphatic rings. The number of hydrogen-bond acceptors (Lipinski definition) is 2. The lowest BCUT2D eigenvalue weighted by Crippen LogP contribution is -2.38. The lowest BCUT2D eigenvalue weighted by atomic mass is 9.95. The van der Waals surface area contributed by atoms with Crippen molar-refractivity contribution in [3.63, 3.8) is 0 Å². The van der Waals surface area contributed by atoms with Crippen LogP contribution in [0.2, 0.25) is 0 Å². The van der Waals surface area contributed by atoms with Gasteiger partial charge in [0.05, 0.1) is 6.42 Å². The van der Waals surface area contributed by atoms with Crippen LogP contribution < -0.4 is 5.32 Å². The lowest BCUT2D eigenvalue weighted by molar-refractivity contribution is -0.137. The summed E-state index contributed by atoms with van der Waals surface area (Å²) in [6.07, 6.45) is 7.79. The maximum atomic E-state index is 10.7. The van der Waals surface area contributed by atoms with Crippen molar-refractivity contribution in [2.24, 2.45) is 5.92 Å². The van der Waals surface area contributed by atoms with Gasteiger partial charge in [-0.3, -0.25) is 4.79 Å². The third kappa shape index (κ3) is 2.71. The molecule has 1 atom stereocenters. The van der Waals surface area contributed by atoms with E-state index in [1.807, 2.05) is 0 Å². The van der Waals surface area contributed by atoms with Crippen LogP contribution >= 0.6 is 0 Å². The van der Waals surface area contributed by atoms with Crippen molar-refractivity contribution in [1.82, 2.24) is 5.32 Å². The minimum Gasteiger partial charge on any atom is -0.481 e. The SMILES string of the molecule is O=C(O)CC(NC1CC1)C1CCCC1. The van der Waals surface area contributed by atoms with E-state index in [0.717, 1.165) is 0 Å². The molecule has 0 amide bonds. The van der Waals surface area contributed by atoms with Crippen LogP contribution in [-0.2, 0) is 4.79 Å². The molecule has 0 aromatic rings. The Hall–Kier alpha value is -0.570. The monoisotopic (exact) mass is 197 g/mol. The third-order valence-corrected chi connectivity index (χ3v) is 3.39. The van der Waals surface area contributed by atoms with Crippen molar-refractivity contribution in [1.29, 1.82) is 0 Å². The molecule has 0 radical (unpaired) electrons. The fourth-order valence-electron chi connectivity index (χ4n) is 2.46. The number of carboxylic acid groups (broad SMARTS) is 1. The van der Waals surface area contributed by atoms with Gasteiger partial charge < -0.3 is 10.4 Å². The number of nitrogens with one attached hydrogen (secondary N) is 1. The second kappa shape index (κ2) is 4.30. The first-order valence-electron chi connectivity index (χ1n) is 5.73. The zero-order valence-corrected chi connectivity index (χ0v) is 8.54. The van der Waals surface area contributed by atoms with E-state index in [1.54, 1.807) is 0 Å². The quantitative estimate of drug-likeness (QED) is 0.706. The van der Waals surface area contributed by atoms with E-state index in [4.69, 9.17) is 5.11 Å². The highest BCUT2D eigenvalue weighted by Gasteiger charge is 2.31. The van der Waals surface area contributed by atoms with Crippen LogP contribution in [0.1, 0.15) is 44.9 Å². The molecule has 3 heteroatoms. The summed E-state index contributed by atoms with van der Waals surface area (Å²) in [6, 6.07) is 0.863. The Kier molecular flexibility index (Phi) is 3.06. The molecule has 14 heavy (non-hydrogen) atoms. The average molecular weight is 197 g/mol. The number of hydrogen-bond donors (Lipinski definition) is 2. The van der Waals surface area contributed by atoms with Crippen molar-refractivity contribution in [2.75, 3.05) is 0 Å². The van der Waals surface area contributed by atoms with Gasteiger partial charge in [0.15, 0.2) is 0 Å². The maximum absolute atomic E-state index is 10.7. The smallest absolute Gasteiger partial charge is 0.304 e. The first kappa shape index (κ1) is 9.97. The summed E-state index contributed by atoms with van der Waals surface area (Å²) in [7, 11) is 0. The van der Waals surface area contributed by atoms with Gasteiger partial charge in [0.1, 0.15) is 0 Å². The third-order valence-electron chi connectivity index (χ3n) is 3.39. The summed E-state index contributed by atoms with van der Waals surface area (Å²) >= 11 is 0. The van der Waals surface area contributed by atoms with Crippen molar-refractivity contribution >= 4 is 5.97 Å². The van der Waals surface area contributed by atoms with Gasteiger partial charge >= 0.3 is 5.97 Å². The van der Waals surface area contributed by atoms with Gasteiger partial charge in [-0.05, 0) is 31.6 Å². The largest absolute Gasteiger partial charge is 0.481 e. The Morgan fingerprint density at radius 3 is 2.43 bits per heavy atom. The van der Waals surface area contributed by atoms with Gasteiger partial charge in [-0.2, -0.15) is 0 Å². The zero-order chi connectivity index (χ0) is 9.97. The molecule has 0 bridgehead atoms. The average Bonchev–Trinajstić information content (AvgIpc) is 2.79. The molecule has 0 aromatic heterocycles. The highest BCUT2D eigenvalue weighted by molar-refractivity contribution is 5.67. The number of aliphatic carboxylic acids is 1. The Bertz CT molecular complexity index is 207. The summed E-state index contributed by atoms with van der Waals surface area (Å²) in [5, 5.41) is 12.3. The number of carbonyl (C=O) groups is 1. The molecular formula is C11H19NO2. The molecule has 0 spiro atoms. The standard InChI is InChI=1S/C11H19NO2/c13-11(14)7-10(12-9-5-6-9)8-3-1-2-4-8/h8-10,12H,1-7H2,(H,13,14). The molecule has 0 heterocycles. The van der Waals surface area contributed by atoms with Gasteiger partial charge in [0.2, 0.25) is 0 Å². The summed E-state index contributed by atoms with van der Waals surface area (Å²) < 4.78 is 0. The summed E-state index contributed by atoms with van der Waals surface area (Å²) in [4.78, 5) is 10.7. The highest BCUT2D eigenvalue weighted by atomic mass is 16.4. The maximum Gasteiger partial charge on any atom is 0.304 e. The fraction of sp³-hybridized carbons (Fsp3) is 0.909. The molecule has 0 saturated heterocycles. The van der Waals surface area contributed by atoms with Crippen LogP contribution in [0, 0.1) is 5.92 Å². The van der Waals surface area contributed by atoms with Gasteiger partial charge in [-0.25, -0.2) is 0 Å². The van der Waals surface area contributed by atoms with E-state index in [-0.39, 0.29) is 6.04 Å². The van der Waals surface area contributed by atoms with Gasteiger partial charge in [-0.15, -0.1) is 0 Å². The highest BCUT2D eigenvalue weighted by Crippen LogP contribution is 2.31. The Labute approximate surface area is 84.9 Å². The van der Waals surface area contributed by atoms with Crippen LogP contribution in [0.4, 0.5) is 0 Å². The lowest BCUT2D eigenvalue weighted by Gasteiger charge is -2.23. The first-order chi connectivity index (χ1) is 6.75. The van der Waals surface area contributed by atoms with Gasteiger partial charge in [0.25, 0.3) is 0 Å². The van der Waals surface area contributed by atoms with Crippen LogP contribution in [0.5, 0.6) is 0 Å². The molecule has 2 N–H and O–H groups in total. The Morgan fingerprint density at radius 1 is 1.29 bits per heavy atom. The Morgan fingerprint density at radius 2 is 1.93 bits per heavy atom. The van der Waals surface area contributed by atoms with E-state index in [0.29, 0.717) is 18.4 Å². The van der Waals surface area contributed by atoms with E-state index < -0.39 is 5.97 Å². The van der Waals surface area contributed by atoms with E-state index in [2.05, 4.69) is 5.32 Å². The van der Waals surface area contributed by atoms with Gasteiger partial charge in [0, 0.05) is 12.1 Å². The number of rotatable bonds is 5. The van der Waals surface area contributed by atoms with Gasteiger partial charge in [-0.1, -0.05) is 12.8 Å². The summed E-state index contributed by atoms with van der Waals surface area (Å²) in [5.74, 6) is -0.0400. The van der Waals surface area contributed by atoms with E-state index >= 15 is 0 Å². The van der Waals surface area contributed by atoms with Crippen LogP contribution in [0.25, 0.3) is 0 Å². The van der Waals surface area contributed by atoms with Crippen LogP contribution in [0.3, 0.4) is 0 Å². The minimum atomic E-state index is -0.657. The predicted octanol–water partition coefficient (Wildman–Crippen LogP) is 1.77. The molecule has 2 aliphatic carbocycles. The van der Waals surface area contributed by atoms with Crippen LogP contribution in [-0.4, -0.2) is 23.2 Å². The summed E-state index contributed by atoms with van der Waals surface area (Å²) in [6.45, 7) is 0. The molecule has 3 nitrogen and oxygen atoms in total. The van der Waals surface area contributed by atoms with Crippen molar-refractivity contribution in [3.05, 3.63) is 0 Å². The molecule has 2 fully saturated rings. The molecule has 2 saturated carbocycles. The molecule has 80 valence electrons.